The molecule has 2 aliphatic carbocycles. The van der Waals surface area contributed by atoms with Crippen LogP contribution in [0.15, 0.2) is 54.1 Å². The lowest BCUT2D eigenvalue weighted by molar-refractivity contribution is -0.123. The van der Waals surface area contributed by atoms with E-state index in [1.54, 1.807) is 18.2 Å². The number of halogens is 2. The van der Waals surface area contributed by atoms with Gasteiger partial charge in [-0.05, 0) is 61.6 Å². The molecule has 3 aliphatic rings. The summed E-state index contributed by atoms with van der Waals surface area (Å²) in [5.41, 5.74) is 2.05. The number of hydrogen-bond donors (Lipinski definition) is 1. The molecule has 5 rings (SSSR count). The molecular formula is C25H20Cl2N2O5. The molecule has 2 aromatic rings. The van der Waals surface area contributed by atoms with Gasteiger partial charge in [-0.2, -0.15) is 0 Å². The van der Waals surface area contributed by atoms with Gasteiger partial charge >= 0.3 is 5.97 Å². The third kappa shape index (κ3) is 3.79. The van der Waals surface area contributed by atoms with Crippen LogP contribution in [-0.4, -0.2) is 30.3 Å². The number of nitrogens with one attached hydrogen (secondary N) is 1. The van der Waals surface area contributed by atoms with E-state index in [1.807, 2.05) is 6.92 Å². The molecule has 1 aliphatic heterocycles. The summed E-state index contributed by atoms with van der Waals surface area (Å²) in [6.07, 6.45) is 2.96. The fraction of sp³-hybridized carbons (Fsp3) is 0.280. The minimum Gasteiger partial charge on any atom is -0.452 e. The van der Waals surface area contributed by atoms with Crippen LogP contribution in [0.1, 0.15) is 23.7 Å². The minimum absolute atomic E-state index is 0.0960. The molecule has 174 valence electrons. The van der Waals surface area contributed by atoms with Gasteiger partial charge in [0.15, 0.2) is 6.61 Å². The number of amides is 3. The van der Waals surface area contributed by atoms with E-state index < -0.39 is 18.5 Å². The number of anilines is 2. The predicted octanol–water partition coefficient (Wildman–Crippen LogP) is 4.49. The van der Waals surface area contributed by atoms with E-state index in [9.17, 15) is 19.2 Å². The molecule has 0 unspecified atom stereocenters. The number of hydrogen-bond acceptors (Lipinski definition) is 5. The van der Waals surface area contributed by atoms with Crippen LogP contribution >= 0.6 is 23.2 Å². The normalized spacial score (nSPS) is 24.8. The summed E-state index contributed by atoms with van der Waals surface area (Å²) in [6.45, 7) is 1.49. The standard InChI is InChI=1S/C25H20Cl2N2O5/c1-12-7-14-9-17(12)22-21(14)23(31)29(24(22)32)16-4-2-3-13(8-16)25(33)34-11-20(30)28-15-5-6-18(26)19(27)10-15/h2-8,10,14,17,21-22H,9,11H2,1H3,(H,28,30)/t14-,17+,21+,22-/m0/s1. The molecule has 0 radical (unpaired) electrons. The lowest BCUT2D eigenvalue weighted by Gasteiger charge is -2.19. The quantitative estimate of drug-likeness (QED) is 0.372. The summed E-state index contributed by atoms with van der Waals surface area (Å²) in [5, 5.41) is 3.19. The van der Waals surface area contributed by atoms with Crippen molar-refractivity contribution in [3.8, 4) is 0 Å². The predicted molar refractivity (Wildman–Crippen MR) is 127 cm³/mol. The SMILES string of the molecule is CC1=C[C@H]2C[C@H]1[C@@H]1C(=O)N(c3cccc(C(=O)OCC(=O)Nc4ccc(Cl)c(Cl)c4)c3)C(=O)[C@@H]12. The summed E-state index contributed by atoms with van der Waals surface area (Å²) < 4.78 is 5.11. The average Bonchev–Trinajstić information content (AvgIpc) is 3.45. The summed E-state index contributed by atoms with van der Waals surface area (Å²) in [4.78, 5) is 52.1. The third-order valence-electron chi connectivity index (χ3n) is 6.76. The minimum atomic E-state index is -0.747. The lowest BCUT2D eigenvalue weighted by Crippen LogP contribution is -2.33. The van der Waals surface area contributed by atoms with Crippen molar-refractivity contribution in [2.45, 2.75) is 13.3 Å². The Hall–Kier alpha value is -3.16. The van der Waals surface area contributed by atoms with E-state index in [-0.39, 0.29) is 46.1 Å². The zero-order valence-corrected chi connectivity index (χ0v) is 19.6. The molecule has 9 heteroatoms. The first-order chi connectivity index (χ1) is 16.2. The number of carbonyl (C=O) groups excluding carboxylic acids is 4. The second kappa shape index (κ2) is 8.56. The first kappa shape index (κ1) is 22.6. The number of esters is 1. The van der Waals surface area contributed by atoms with E-state index in [0.29, 0.717) is 16.4 Å². The molecule has 3 amide bonds. The Morgan fingerprint density at radius 1 is 1.06 bits per heavy atom. The first-order valence-corrected chi connectivity index (χ1v) is 11.6. The Kier molecular flexibility index (Phi) is 5.70. The van der Waals surface area contributed by atoms with Gasteiger partial charge in [-0.25, -0.2) is 9.69 Å². The second-order valence-electron chi connectivity index (χ2n) is 8.78. The smallest absolute Gasteiger partial charge is 0.338 e. The molecule has 1 saturated carbocycles. The molecule has 4 atom stereocenters. The lowest BCUT2D eigenvalue weighted by atomic mass is 9.82. The summed E-state index contributed by atoms with van der Waals surface area (Å²) >= 11 is 11.8. The third-order valence-corrected chi connectivity index (χ3v) is 7.50. The number of rotatable bonds is 5. The Labute approximate surface area is 205 Å². The summed E-state index contributed by atoms with van der Waals surface area (Å²) in [6, 6.07) is 10.7. The van der Waals surface area contributed by atoms with Crippen LogP contribution in [-0.2, 0) is 19.1 Å². The highest BCUT2D eigenvalue weighted by molar-refractivity contribution is 6.42. The van der Waals surface area contributed by atoms with E-state index in [4.69, 9.17) is 27.9 Å². The molecule has 2 fully saturated rings. The molecular weight excluding hydrogens is 479 g/mol. The zero-order chi connectivity index (χ0) is 24.1. The van der Waals surface area contributed by atoms with Crippen molar-refractivity contribution in [2.75, 3.05) is 16.8 Å². The fourth-order valence-corrected chi connectivity index (χ4v) is 5.58. The molecule has 7 nitrogen and oxygen atoms in total. The molecule has 1 saturated heterocycles. The number of allylic oxidation sites excluding steroid dienone is 2. The van der Waals surface area contributed by atoms with Crippen LogP contribution in [0.5, 0.6) is 0 Å². The largest absolute Gasteiger partial charge is 0.452 e. The second-order valence-corrected chi connectivity index (χ2v) is 9.60. The van der Waals surface area contributed by atoms with Crippen molar-refractivity contribution < 1.29 is 23.9 Å². The van der Waals surface area contributed by atoms with Gasteiger partial charge in [0.25, 0.3) is 5.91 Å². The number of benzene rings is 2. The zero-order valence-electron chi connectivity index (χ0n) is 18.1. The van der Waals surface area contributed by atoms with Gasteiger partial charge in [0, 0.05) is 5.69 Å². The number of ether oxygens (including phenoxy) is 1. The molecule has 1 N–H and O–H groups in total. The maximum atomic E-state index is 13.1. The maximum Gasteiger partial charge on any atom is 0.338 e. The number of imide groups is 1. The van der Waals surface area contributed by atoms with E-state index in [2.05, 4.69) is 11.4 Å². The van der Waals surface area contributed by atoms with Crippen molar-refractivity contribution >= 4 is 58.3 Å². The Bertz CT molecular complexity index is 1270. The van der Waals surface area contributed by atoms with Crippen LogP contribution in [0.3, 0.4) is 0 Å². The summed E-state index contributed by atoms with van der Waals surface area (Å²) in [5.74, 6) is -2.21. The van der Waals surface area contributed by atoms with Gasteiger partial charge in [0.2, 0.25) is 11.8 Å². The Balaban J connectivity index is 1.25. The van der Waals surface area contributed by atoms with Gasteiger partial charge in [-0.15, -0.1) is 0 Å². The van der Waals surface area contributed by atoms with E-state index in [1.165, 1.54) is 34.7 Å². The van der Waals surface area contributed by atoms with Gasteiger partial charge in [0.1, 0.15) is 0 Å². The van der Waals surface area contributed by atoms with Crippen molar-refractivity contribution in [3.05, 3.63) is 69.7 Å². The van der Waals surface area contributed by atoms with Crippen LogP contribution in [0.4, 0.5) is 11.4 Å². The van der Waals surface area contributed by atoms with E-state index >= 15 is 0 Å². The fourth-order valence-electron chi connectivity index (χ4n) is 5.29. The van der Waals surface area contributed by atoms with E-state index in [0.717, 1.165) is 6.42 Å². The topological polar surface area (TPSA) is 92.8 Å². The molecule has 2 bridgehead atoms. The van der Waals surface area contributed by atoms with Crippen molar-refractivity contribution in [1.29, 1.82) is 0 Å². The number of fused-ring (bicyclic) bond motifs is 5. The Morgan fingerprint density at radius 3 is 2.59 bits per heavy atom. The van der Waals surface area contributed by atoms with Crippen LogP contribution in [0.2, 0.25) is 10.0 Å². The number of carbonyl (C=O) groups is 4. The average molecular weight is 499 g/mol. The first-order valence-electron chi connectivity index (χ1n) is 10.8. The van der Waals surface area contributed by atoms with Crippen LogP contribution in [0, 0.1) is 23.7 Å². The molecule has 34 heavy (non-hydrogen) atoms. The highest BCUT2D eigenvalue weighted by Crippen LogP contribution is 2.55. The van der Waals surface area contributed by atoms with Crippen molar-refractivity contribution in [2.24, 2.45) is 23.7 Å². The highest BCUT2D eigenvalue weighted by atomic mass is 35.5. The van der Waals surface area contributed by atoms with Crippen molar-refractivity contribution in [1.82, 2.24) is 0 Å². The maximum absolute atomic E-state index is 13.1. The number of nitrogens with zero attached hydrogens (tertiary/aromatic N) is 1. The molecule has 1 heterocycles. The van der Waals surface area contributed by atoms with Gasteiger partial charge in [0.05, 0.1) is 33.1 Å². The summed E-state index contributed by atoms with van der Waals surface area (Å²) in [7, 11) is 0. The van der Waals surface area contributed by atoms with Gasteiger partial charge in [-0.1, -0.05) is 40.9 Å². The Morgan fingerprint density at radius 2 is 1.82 bits per heavy atom. The van der Waals surface area contributed by atoms with Crippen LogP contribution < -0.4 is 10.2 Å². The van der Waals surface area contributed by atoms with Crippen molar-refractivity contribution in [3.63, 3.8) is 0 Å². The monoisotopic (exact) mass is 498 g/mol. The molecule has 0 spiro atoms. The van der Waals surface area contributed by atoms with Gasteiger partial charge in [-0.3, -0.25) is 14.4 Å². The highest BCUT2D eigenvalue weighted by Gasteiger charge is 2.60. The molecule has 2 aromatic carbocycles. The van der Waals surface area contributed by atoms with Crippen LogP contribution in [0.25, 0.3) is 0 Å². The molecule has 0 aromatic heterocycles. The van der Waals surface area contributed by atoms with Gasteiger partial charge < -0.3 is 10.1 Å².